The van der Waals surface area contributed by atoms with E-state index in [4.69, 9.17) is 4.74 Å². The molecule has 1 amide bonds. The summed E-state index contributed by atoms with van der Waals surface area (Å²) in [4.78, 5) is 14.8. The number of rotatable bonds is 1. The first-order chi connectivity index (χ1) is 6.21. The SMILES string of the molecule is CC1(c2ccncc2)COC(=O)N1. The van der Waals surface area contributed by atoms with Gasteiger partial charge in [-0.05, 0) is 24.6 Å². The van der Waals surface area contributed by atoms with Crippen LogP contribution in [0, 0.1) is 0 Å². The van der Waals surface area contributed by atoms with Crippen molar-refractivity contribution < 1.29 is 9.53 Å². The molecule has 0 radical (unpaired) electrons. The Balaban J connectivity index is 2.31. The third-order valence-corrected chi connectivity index (χ3v) is 2.19. The molecule has 1 unspecified atom stereocenters. The van der Waals surface area contributed by atoms with E-state index in [9.17, 15) is 4.79 Å². The van der Waals surface area contributed by atoms with Crippen LogP contribution in [-0.4, -0.2) is 17.7 Å². The summed E-state index contributed by atoms with van der Waals surface area (Å²) >= 11 is 0. The first kappa shape index (κ1) is 8.04. The molecule has 1 fully saturated rings. The number of amides is 1. The molecule has 1 aromatic rings. The van der Waals surface area contributed by atoms with Crippen LogP contribution >= 0.6 is 0 Å². The molecule has 1 N–H and O–H groups in total. The van der Waals surface area contributed by atoms with Crippen molar-refractivity contribution in [1.82, 2.24) is 10.3 Å². The van der Waals surface area contributed by atoms with Gasteiger partial charge in [-0.1, -0.05) is 0 Å². The smallest absolute Gasteiger partial charge is 0.408 e. The van der Waals surface area contributed by atoms with E-state index in [2.05, 4.69) is 10.3 Å². The van der Waals surface area contributed by atoms with Crippen LogP contribution in [0.5, 0.6) is 0 Å². The van der Waals surface area contributed by atoms with Crippen LogP contribution in [0.25, 0.3) is 0 Å². The van der Waals surface area contributed by atoms with Crippen LogP contribution in [0.4, 0.5) is 4.79 Å². The number of cyclic esters (lactones) is 1. The highest BCUT2D eigenvalue weighted by molar-refractivity contribution is 5.71. The summed E-state index contributed by atoms with van der Waals surface area (Å²) in [6.07, 6.45) is 3.04. The second-order valence-electron chi connectivity index (χ2n) is 3.27. The molecule has 68 valence electrons. The number of ether oxygens (including phenoxy) is 1. The lowest BCUT2D eigenvalue weighted by Gasteiger charge is -2.20. The third-order valence-electron chi connectivity index (χ3n) is 2.19. The maximum atomic E-state index is 10.9. The second kappa shape index (κ2) is 2.73. The molecule has 0 spiro atoms. The van der Waals surface area contributed by atoms with Gasteiger partial charge in [0, 0.05) is 12.4 Å². The number of carbonyl (C=O) groups is 1. The zero-order chi connectivity index (χ0) is 9.31. The summed E-state index contributed by atoms with van der Waals surface area (Å²) < 4.78 is 4.85. The first-order valence-electron chi connectivity index (χ1n) is 4.06. The summed E-state index contributed by atoms with van der Waals surface area (Å²) in [5, 5.41) is 2.76. The monoisotopic (exact) mass is 178 g/mol. The zero-order valence-electron chi connectivity index (χ0n) is 7.28. The minimum atomic E-state index is -0.403. The molecule has 1 saturated heterocycles. The first-order valence-corrected chi connectivity index (χ1v) is 4.06. The Morgan fingerprint density at radius 1 is 1.54 bits per heavy atom. The maximum Gasteiger partial charge on any atom is 0.408 e. The number of aromatic nitrogens is 1. The van der Waals surface area contributed by atoms with E-state index in [1.54, 1.807) is 12.4 Å². The van der Waals surface area contributed by atoms with E-state index >= 15 is 0 Å². The maximum absolute atomic E-state index is 10.9. The van der Waals surface area contributed by atoms with Gasteiger partial charge in [-0.3, -0.25) is 4.98 Å². The van der Waals surface area contributed by atoms with Crippen LogP contribution in [0.2, 0.25) is 0 Å². The fraction of sp³-hybridized carbons (Fsp3) is 0.333. The van der Waals surface area contributed by atoms with E-state index in [0.29, 0.717) is 6.61 Å². The van der Waals surface area contributed by atoms with Crippen LogP contribution in [0.1, 0.15) is 12.5 Å². The fourth-order valence-electron chi connectivity index (χ4n) is 1.38. The molecule has 0 saturated carbocycles. The highest BCUT2D eigenvalue weighted by Crippen LogP contribution is 2.24. The normalized spacial score (nSPS) is 26.7. The van der Waals surface area contributed by atoms with Gasteiger partial charge < -0.3 is 10.1 Å². The number of alkyl carbamates (subject to hydrolysis) is 1. The molecular weight excluding hydrogens is 168 g/mol. The van der Waals surface area contributed by atoms with Crippen LogP contribution in [0.3, 0.4) is 0 Å². The molecule has 0 aromatic carbocycles. The summed E-state index contributed by atoms with van der Waals surface area (Å²) in [7, 11) is 0. The number of hydrogen-bond donors (Lipinski definition) is 1. The van der Waals surface area contributed by atoms with Crippen molar-refractivity contribution >= 4 is 6.09 Å². The fourth-order valence-corrected chi connectivity index (χ4v) is 1.38. The minimum Gasteiger partial charge on any atom is -0.447 e. The van der Waals surface area contributed by atoms with Crippen molar-refractivity contribution in [2.75, 3.05) is 6.61 Å². The van der Waals surface area contributed by atoms with E-state index < -0.39 is 5.54 Å². The number of nitrogens with one attached hydrogen (secondary N) is 1. The van der Waals surface area contributed by atoms with Crippen molar-refractivity contribution in [3.63, 3.8) is 0 Å². The molecule has 1 aliphatic heterocycles. The number of hydrogen-bond acceptors (Lipinski definition) is 3. The second-order valence-corrected chi connectivity index (χ2v) is 3.27. The van der Waals surface area contributed by atoms with Gasteiger partial charge in [-0.25, -0.2) is 4.79 Å². The average molecular weight is 178 g/mol. The molecule has 1 aromatic heterocycles. The summed E-state index contributed by atoms with van der Waals surface area (Å²) in [5.74, 6) is 0. The zero-order valence-corrected chi connectivity index (χ0v) is 7.28. The Labute approximate surface area is 75.9 Å². The van der Waals surface area contributed by atoms with Crippen LogP contribution in [-0.2, 0) is 10.3 Å². The van der Waals surface area contributed by atoms with E-state index in [0.717, 1.165) is 5.56 Å². The lowest BCUT2D eigenvalue weighted by atomic mass is 9.95. The number of pyridine rings is 1. The minimum absolute atomic E-state index is 0.362. The number of nitrogens with zero attached hydrogens (tertiary/aromatic N) is 1. The van der Waals surface area contributed by atoms with Crippen LogP contribution in [0.15, 0.2) is 24.5 Å². The molecular formula is C9H10N2O2. The molecule has 0 aliphatic carbocycles. The van der Waals surface area contributed by atoms with Crippen molar-refractivity contribution in [1.29, 1.82) is 0 Å². The molecule has 2 rings (SSSR count). The molecule has 1 atom stereocenters. The highest BCUT2D eigenvalue weighted by Gasteiger charge is 2.36. The molecule has 0 bridgehead atoms. The van der Waals surface area contributed by atoms with Crippen molar-refractivity contribution in [2.45, 2.75) is 12.5 Å². The van der Waals surface area contributed by atoms with Gasteiger partial charge in [-0.15, -0.1) is 0 Å². The number of carbonyl (C=O) groups excluding carboxylic acids is 1. The van der Waals surface area contributed by atoms with Crippen molar-refractivity contribution in [2.24, 2.45) is 0 Å². The lowest BCUT2D eigenvalue weighted by molar-refractivity contribution is 0.173. The van der Waals surface area contributed by atoms with Crippen molar-refractivity contribution in [3.8, 4) is 0 Å². The topological polar surface area (TPSA) is 51.2 Å². The Morgan fingerprint density at radius 2 is 2.23 bits per heavy atom. The van der Waals surface area contributed by atoms with Gasteiger partial charge in [0.1, 0.15) is 6.61 Å². The third kappa shape index (κ3) is 1.35. The molecule has 1 aliphatic rings. The van der Waals surface area contributed by atoms with E-state index in [1.807, 2.05) is 19.1 Å². The Kier molecular flexibility index (Phi) is 1.69. The van der Waals surface area contributed by atoms with Gasteiger partial charge in [-0.2, -0.15) is 0 Å². The van der Waals surface area contributed by atoms with Gasteiger partial charge >= 0.3 is 6.09 Å². The average Bonchev–Trinajstić information content (AvgIpc) is 2.49. The van der Waals surface area contributed by atoms with Crippen LogP contribution < -0.4 is 5.32 Å². The molecule has 4 heteroatoms. The Bertz CT molecular complexity index is 326. The molecule has 4 nitrogen and oxygen atoms in total. The Hall–Kier alpha value is -1.58. The summed E-state index contributed by atoms with van der Waals surface area (Å²) in [5.41, 5.74) is 0.605. The summed E-state index contributed by atoms with van der Waals surface area (Å²) in [6.45, 7) is 2.29. The predicted molar refractivity (Wildman–Crippen MR) is 46.1 cm³/mol. The van der Waals surface area contributed by atoms with Gasteiger partial charge in [0.2, 0.25) is 0 Å². The lowest BCUT2D eigenvalue weighted by Crippen LogP contribution is -2.37. The molecule has 2 heterocycles. The highest BCUT2D eigenvalue weighted by atomic mass is 16.6. The van der Waals surface area contributed by atoms with E-state index in [1.165, 1.54) is 0 Å². The predicted octanol–water partition coefficient (Wildman–Crippen LogP) is 1.04. The van der Waals surface area contributed by atoms with Gasteiger partial charge in [0.05, 0.1) is 5.54 Å². The Morgan fingerprint density at radius 3 is 2.77 bits per heavy atom. The largest absolute Gasteiger partial charge is 0.447 e. The quantitative estimate of drug-likeness (QED) is 0.699. The van der Waals surface area contributed by atoms with E-state index in [-0.39, 0.29) is 6.09 Å². The summed E-state index contributed by atoms with van der Waals surface area (Å²) in [6, 6.07) is 3.74. The van der Waals surface area contributed by atoms with Crippen molar-refractivity contribution in [3.05, 3.63) is 30.1 Å². The van der Waals surface area contributed by atoms with Gasteiger partial charge in [0.25, 0.3) is 0 Å². The van der Waals surface area contributed by atoms with Gasteiger partial charge in [0.15, 0.2) is 0 Å². The standard InChI is InChI=1S/C9H10N2O2/c1-9(6-13-8(12)11-9)7-2-4-10-5-3-7/h2-5H,6H2,1H3,(H,11,12). The molecule has 13 heavy (non-hydrogen) atoms.